The third kappa shape index (κ3) is 5.67. The molecule has 232 valence electrons. The van der Waals surface area contributed by atoms with Crippen LogP contribution in [0.2, 0.25) is 0 Å². The molecule has 2 aliphatic rings. The molecule has 0 unspecified atom stereocenters. The molecule has 1 aliphatic carbocycles. The van der Waals surface area contributed by atoms with Crippen LogP contribution in [0.3, 0.4) is 0 Å². The van der Waals surface area contributed by atoms with E-state index in [0.717, 1.165) is 57.9 Å². The smallest absolute Gasteiger partial charge is 0.407 e. The van der Waals surface area contributed by atoms with E-state index in [4.69, 9.17) is 14.7 Å². The Morgan fingerprint density at radius 3 is 2.36 bits per heavy atom. The molecule has 3 aromatic carbocycles. The number of likely N-dealkylation sites (tertiary alicyclic amines) is 1. The molecule has 1 saturated carbocycles. The number of imidazole rings is 2. The number of amides is 2. The summed E-state index contributed by atoms with van der Waals surface area (Å²) < 4.78 is 4.76. The van der Waals surface area contributed by atoms with Crippen molar-refractivity contribution in [1.29, 1.82) is 0 Å². The lowest BCUT2D eigenvalue weighted by Crippen LogP contribution is -2.51. The predicted molar refractivity (Wildman–Crippen MR) is 176 cm³/mol. The molecule has 1 aliphatic heterocycles. The monoisotopic (exact) mass is 604 g/mol. The van der Waals surface area contributed by atoms with Crippen molar-refractivity contribution < 1.29 is 14.3 Å². The normalized spacial score (nSPS) is 17.9. The highest BCUT2D eigenvalue weighted by Crippen LogP contribution is 2.36. The van der Waals surface area contributed by atoms with Crippen LogP contribution in [0, 0.1) is 5.92 Å². The lowest BCUT2D eigenvalue weighted by atomic mass is 9.99. The van der Waals surface area contributed by atoms with Crippen LogP contribution in [0.1, 0.15) is 76.0 Å². The number of carbonyl (C=O) groups excluding carboxylic acids is 2. The number of benzene rings is 3. The highest BCUT2D eigenvalue weighted by atomic mass is 16.5. The number of hydrogen-bond acceptors (Lipinski definition) is 5. The molecule has 7 rings (SSSR count). The molecule has 2 aromatic heterocycles. The van der Waals surface area contributed by atoms with E-state index in [2.05, 4.69) is 63.8 Å². The quantitative estimate of drug-likeness (QED) is 0.178. The van der Waals surface area contributed by atoms with Gasteiger partial charge in [-0.15, -0.1) is 0 Å². The minimum absolute atomic E-state index is 0.0791. The third-order valence-corrected chi connectivity index (χ3v) is 9.57. The Hall–Kier alpha value is -4.66. The van der Waals surface area contributed by atoms with Gasteiger partial charge in [0, 0.05) is 18.0 Å². The van der Waals surface area contributed by atoms with Crippen molar-refractivity contribution in [1.82, 2.24) is 30.2 Å². The van der Waals surface area contributed by atoms with Crippen molar-refractivity contribution in [2.45, 2.75) is 70.4 Å². The lowest BCUT2D eigenvalue weighted by molar-refractivity contribution is -0.135. The number of nitrogens with one attached hydrogen (secondary N) is 3. The van der Waals surface area contributed by atoms with Crippen molar-refractivity contribution >= 4 is 33.8 Å². The number of fused-ring (bicyclic) bond motifs is 2. The minimum atomic E-state index is -0.660. The van der Waals surface area contributed by atoms with Gasteiger partial charge in [-0.05, 0) is 77.8 Å². The molecule has 2 fully saturated rings. The van der Waals surface area contributed by atoms with E-state index in [1.165, 1.54) is 43.6 Å². The summed E-state index contributed by atoms with van der Waals surface area (Å²) in [5.41, 5.74) is 6.25. The lowest BCUT2D eigenvalue weighted by Gasteiger charge is -2.29. The van der Waals surface area contributed by atoms with Crippen LogP contribution in [0.4, 0.5) is 4.79 Å². The van der Waals surface area contributed by atoms with E-state index >= 15 is 0 Å². The molecule has 3 N–H and O–H groups in total. The Morgan fingerprint density at radius 2 is 1.60 bits per heavy atom. The van der Waals surface area contributed by atoms with E-state index in [9.17, 15) is 9.59 Å². The Balaban J connectivity index is 1.11. The summed E-state index contributed by atoms with van der Waals surface area (Å²) in [6.07, 6.45) is 8.11. The molecule has 9 heteroatoms. The van der Waals surface area contributed by atoms with Gasteiger partial charge in [-0.2, -0.15) is 0 Å². The second-order valence-electron chi connectivity index (χ2n) is 12.8. The van der Waals surface area contributed by atoms with Gasteiger partial charge in [-0.25, -0.2) is 14.8 Å². The standard InChI is InChI=1S/C36H40N6O3/c1-21(2)32(41-36(44)45-3)35(43)42-16-6-9-31(42)34-38-28-15-14-26(19-29(28)39-34)24-10-11-25-18-27(13-12-23(25)17-24)30-20-37-33(40-30)22-7-4-5-8-22/h10-15,17-22,31-32H,4-9,16H2,1-3H3,(H,37,40)(H,38,39)(H,41,44)/t31-,32-/m0/s1. The van der Waals surface area contributed by atoms with E-state index in [-0.39, 0.29) is 17.9 Å². The van der Waals surface area contributed by atoms with Crippen molar-refractivity contribution in [3.63, 3.8) is 0 Å². The van der Waals surface area contributed by atoms with Crippen LogP contribution in [-0.2, 0) is 9.53 Å². The van der Waals surface area contributed by atoms with Crippen LogP contribution < -0.4 is 5.32 Å². The number of ether oxygens (including phenoxy) is 1. The molecule has 45 heavy (non-hydrogen) atoms. The molecule has 0 radical (unpaired) electrons. The van der Waals surface area contributed by atoms with E-state index in [1.54, 1.807) is 0 Å². The summed E-state index contributed by atoms with van der Waals surface area (Å²) in [7, 11) is 1.31. The van der Waals surface area contributed by atoms with Crippen LogP contribution in [0.5, 0.6) is 0 Å². The number of carbonyl (C=O) groups is 2. The molecular formula is C36H40N6O3. The van der Waals surface area contributed by atoms with Crippen molar-refractivity contribution in [3.8, 4) is 22.4 Å². The third-order valence-electron chi connectivity index (χ3n) is 9.57. The zero-order valence-corrected chi connectivity index (χ0v) is 26.1. The zero-order chi connectivity index (χ0) is 31.1. The molecule has 1 saturated heterocycles. The number of alkyl carbamates (subject to hydrolysis) is 1. The van der Waals surface area contributed by atoms with Gasteiger partial charge in [0.15, 0.2) is 0 Å². The summed E-state index contributed by atoms with van der Waals surface area (Å²) in [6.45, 7) is 4.46. The Morgan fingerprint density at radius 1 is 0.889 bits per heavy atom. The van der Waals surface area contributed by atoms with Gasteiger partial charge in [0.1, 0.15) is 17.7 Å². The SMILES string of the molecule is COC(=O)N[C@H](C(=O)N1CCC[C@H]1c1nc2ccc(-c3ccc4cc(-c5cnc(C6CCCC6)[nH]5)ccc4c3)cc2[nH]1)C(C)C. The molecule has 0 spiro atoms. The summed E-state index contributed by atoms with van der Waals surface area (Å²) in [6, 6.07) is 18.6. The van der Waals surface area contributed by atoms with Crippen molar-refractivity contribution in [2.75, 3.05) is 13.7 Å². The summed E-state index contributed by atoms with van der Waals surface area (Å²) in [4.78, 5) is 44.0. The first kappa shape index (κ1) is 29.1. The average molecular weight is 605 g/mol. The van der Waals surface area contributed by atoms with Gasteiger partial charge >= 0.3 is 6.09 Å². The first-order valence-corrected chi connectivity index (χ1v) is 16.1. The maximum absolute atomic E-state index is 13.5. The van der Waals surface area contributed by atoms with Crippen LogP contribution >= 0.6 is 0 Å². The molecule has 9 nitrogen and oxygen atoms in total. The van der Waals surface area contributed by atoms with Gasteiger partial charge in [-0.3, -0.25) is 4.79 Å². The minimum Gasteiger partial charge on any atom is -0.453 e. The second kappa shape index (κ2) is 12.0. The first-order valence-electron chi connectivity index (χ1n) is 16.1. The molecule has 2 atom stereocenters. The molecule has 3 heterocycles. The van der Waals surface area contributed by atoms with Crippen molar-refractivity contribution in [2.24, 2.45) is 5.92 Å². The number of H-pyrrole nitrogens is 2. The van der Waals surface area contributed by atoms with Crippen molar-refractivity contribution in [3.05, 3.63) is 72.4 Å². The van der Waals surface area contributed by atoms with E-state index in [1.807, 2.05) is 31.0 Å². The molecule has 2 amide bonds. The Bertz CT molecular complexity index is 1870. The second-order valence-corrected chi connectivity index (χ2v) is 12.8. The van der Waals surface area contributed by atoms with Gasteiger partial charge in [0.2, 0.25) is 5.91 Å². The summed E-state index contributed by atoms with van der Waals surface area (Å²) >= 11 is 0. The van der Waals surface area contributed by atoms with Gasteiger partial charge < -0.3 is 24.9 Å². The Labute approximate surface area is 262 Å². The highest BCUT2D eigenvalue weighted by molar-refractivity contribution is 5.92. The maximum Gasteiger partial charge on any atom is 0.407 e. The van der Waals surface area contributed by atoms with Gasteiger partial charge in [0.25, 0.3) is 0 Å². The van der Waals surface area contributed by atoms with Crippen LogP contribution in [-0.4, -0.2) is 56.5 Å². The highest BCUT2D eigenvalue weighted by Gasteiger charge is 2.37. The predicted octanol–water partition coefficient (Wildman–Crippen LogP) is 7.47. The first-order chi connectivity index (χ1) is 21.9. The largest absolute Gasteiger partial charge is 0.453 e. The fourth-order valence-corrected chi connectivity index (χ4v) is 7.04. The molecule has 5 aromatic rings. The Kier molecular flexibility index (Phi) is 7.77. The number of aromatic amines is 2. The summed E-state index contributed by atoms with van der Waals surface area (Å²) in [5, 5.41) is 5.08. The van der Waals surface area contributed by atoms with E-state index in [0.29, 0.717) is 12.5 Å². The van der Waals surface area contributed by atoms with Gasteiger partial charge in [-0.1, -0.05) is 57.0 Å². The number of rotatable bonds is 7. The number of aromatic nitrogens is 4. The zero-order valence-electron chi connectivity index (χ0n) is 26.1. The van der Waals surface area contributed by atoms with Gasteiger partial charge in [0.05, 0.1) is 36.1 Å². The fraction of sp³-hybridized carbons (Fsp3) is 0.389. The summed E-state index contributed by atoms with van der Waals surface area (Å²) in [5.74, 6) is 2.27. The average Bonchev–Trinajstić information content (AvgIpc) is 3.88. The maximum atomic E-state index is 13.5. The topological polar surface area (TPSA) is 116 Å². The number of methoxy groups -OCH3 is 1. The number of hydrogen-bond donors (Lipinski definition) is 3. The fourth-order valence-electron chi connectivity index (χ4n) is 7.04. The number of nitrogens with zero attached hydrogens (tertiary/aromatic N) is 3. The van der Waals surface area contributed by atoms with E-state index < -0.39 is 12.1 Å². The van der Waals surface area contributed by atoms with Crippen LogP contribution in [0.15, 0.2) is 60.8 Å². The molecule has 0 bridgehead atoms. The molecular weight excluding hydrogens is 564 g/mol. The van der Waals surface area contributed by atoms with Crippen LogP contribution in [0.25, 0.3) is 44.2 Å².